The van der Waals surface area contributed by atoms with Crippen molar-refractivity contribution in [3.63, 3.8) is 0 Å². The van der Waals surface area contributed by atoms with Gasteiger partial charge in [-0.2, -0.15) is 5.10 Å². The zero-order valence-corrected chi connectivity index (χ0v) is 16.4. The van der Waals surface area contributed by atoms with E-state index in [0.29, 0.717) is 6.54 Å². The predicted octanol–water partition coefficient (Wildman–Crippen LogP) is 2.64. The van der Waals surface area contributed by atoms with Crippen molar-refractivity contribution in [2.75, 3.05) is 11.4 Å². The fraction of sp³-hybridized carbons (Fsp3) is 0.409. The van der Waals surface area contributed by atoms with E-state index in [-0.39, 0.29) is 11.6 Å². The van der Waals surface area contributed by atoms with Crippen molar-refractivity contribution in [1.29, 1.82) is 0 Å². The second kappa shape index (κ2) is 7.73. The van der Waals surface area contributed by atoms with Crippen LogP contribution in [0, 0.1) is 0 Å². The zero-order valence-electron chi connectivity index (χ0n) is 16.4. The second-order valence-corrected chi connectivity index (χ2v) is 7.79. The molecule has 0 saturated carbocycles. The summed E-state index contributed by atoms with van der Waals surface area (Å²) in [5.41, 5.74) is 4.18. The van der Waals surface area contributed by atoms with Crippen LogP contribution in [0.1, 0.15) is 36.9 Å². The van der Waals surface area contributed by atoms with E-state index in [1.165, 1.54) is 24.1 Å². The third-order valence-electron chi connectivity index (χ3n) is 5.98. The van der Waals surface area contributed by atoms with E-state index < -0.39 is 0 Å². The fourth-order valence-corrected chi connectivity index (χ4v) is 4.51. The monoisotopic (exact) mass is 388 g/mol. The highest BCUT2D eigenvalue weighted by molar-refractivity contribution is 5.57. The van der Waals surface area contributed by atoms with Crippen molar-refractivity contribution in [3.8, 4) is 11.3 Å². The second-order valence-electron chi connectivity index (χ2n) is 7.79. The Hall–Kier alpha value is -3.09. The first-order valence-electron chi connectivity index (χ1n) is 10.4. The van der Waals surface area contributed by atoms with Gasteiger partial charge in [-0.1, -0.05) is 0 Å². The van der Waals surface area contributed by atoms with Gasteiger partial charge in [0.2, 0.25) is 0 Å². The summed E-state index contributed by atoms with van der Waals surface area (Å²) in [6.07, 6.45) is 11.8. The lowest BCUT2D eigenvalue weighted by molar-refractivity contribution is 0.487. The van der Waals surface area contributed by atoms with E-state index in [2.05, 4.69) is 25.0 Å². The summed E-state index contributed by atoms with van der Waals surface area (Å²) >= 11 is 0. The average Bonchev–Trinajstić information content (AvgIpc) is 3.23. The lowest BCUT2D eigenvalue weighted by Gasteiger charge is -2.29. The van der Waals surface area contributed by atoms with E-state index in [1.54, 1.807) is 35.5 Å². The van der Waals surface area contributed by atoms with Crippen LogP contribution in [0.5, 0.6) is 0 Å². The minimum Gasteiger partial charge on any atom is -0.351 e. The van der Waals surface area contributed by atoms with Crippen LogP contribution in [0.2, 0.25) is 0 Å². The van der Waals surface area contributed by atoms with Crippen molar-refractivity contribution in [2.24, 2.45) is 0 Å². The molecule has 0 N–H and O–H groups in total. The number of aryl methyl sites for hydroxylation is 1. The van der Waals surface area contributed by atoms with Gasteiger partial charge in [0, 0.05) is 41.8 Å². The minimum atomic E-state index is -0.0700. The van der Waals surface area contributed by atoms with Crippen LogP contribution < -0.4 is 10.5 Å². The number of aromatic nitrogens is 5. The molecule has 5 rings (SSSR count). The molecule has 1 aliphatic heterocycles. The molecule has 29 heavy (non-hydrogen) atoms. The largest absolute Gasteiger partial charge is 0.351 e. The number of rotatable bonds is 4. The first-order valence-corrected chi connectivity index (χ1v) is 10.4. The van der Waals surface area contributed by atoms with Crippen molar-refractivity contribution >= 4 is 5.82 Å². The van der Waals surface area contributed by atoms with Gasteiger partial charge in [0.1, 0.15) is 12.1 Å². The van der Waals surface area contributed by atoms with Crippen LogP contribution in [-0.2, 0) is 19.4 Å². The molecule has 0 bridgehead atoms. The summed E-state index contributed by atoms with van der Waals surface area (Å²) in [7, 11) is 0. The van der Waals surface area contributed by atoms with E-state index in [9.17, 15) is 4.79 Å². The summed E-state index contributed by atoms with van der Waals surface area (Å²) in [5, 5.41) is 4.64. The Labute approximate surface area is 169 Å². The number of nitrogens with zero attached hydrogens (tertiary/aromatic N) is 6. The van der Waals surface area contributed by atoms with Gasteiger partial charge in [-0.25, -0.2) is 14.6 Å². The zero-order chi connectivity index (χ0) is 19.6. The van der Waals surface area contributed by atoms with Crippen LogP contribution >= 0.6 is 0 Å². The van der Waals surface area contributed by atoms with Crippen molar-refractivity contribution < 1.29 is 0 Å². The van der Waals surface area contributed by atoms with Gasteiger partial charge >= 0.3 is 0 Å². The van der Waals surface area contributed by atoms with E-state index in [4.69, 9.17) is 0 Å². The van der Waals surface area contributed by atoms with Crippen LogP contribution in [0.15, 0.2) is 47.8 Å². The highest BCUT2D eigenvalue weighted by atomic mass is 16.1. The molecule has 2 aliphatic rings. The lowest BCUT2D eigenvalue weighted by Crippen LogP contribution is -2.38. The molecular formula is C22H24N6O. The minimum absolute atomic E-state index is 0.0700. The molecule has 0 aromatic carbocycles. The van der Waals surface area contributed by atoms with Gasteiger partial charge in [-0.05, 0) is 56.7 Å². The predicted molar refractivity (Wildman–Crippen MR) is 111 cm³/mol. The maximum Gasteiger partial charge on any atom is 0.266 e. The molecule has 1 aliphatic carbocycles. The van der Waals surface area contributed by atoms with Crippen molar-refractivity contribution in [1.82, 2.24) is 24.7 Å². The first kappa shape index (κ1) is 18.0. The molecule has 1 atom stereocenters. The Balaban J connectivity index is 1.44. The molecule has 7 nitrogen and oxygen atoms in total. The molecule has 7 heteroatoms. The average molecular weight is 388 g/mol. The number of hydrogen-bond donors (Lipinski definition) is 0. The standard InChI is InChI=1S/C22H24N6O/c29-21-8-7-19(16-9-11-23-12-10-16)26-28(21)14-17-4-3-13-27(17)22-18-5-1-2-6-20(18)24-15-25-22/h7-12,15,17H,1-6,13-14H2. The lowest BCUT2D eigenvalue weighted by atomic mass is 9.96. The Kier molecular flexibility index (Phi) is 4.79. The van der Waals surface area contributed by atoms with Gasteiger partial charge in [0.25, 0.3) is 5.56 Å². The quantitative estimate of drug-likeness (QED) is 0.684. The van der Waals surface area contributed by atoms with Crippen LogP contribution in [-0.4, -0.2) is 37.3 Å². The third-order valence-corrected chi connectivity index (χ3v) is 5.98. The molecule has 1 fully saturated rings. The van der Waals surface area contributed by atoms with Gasteiger partial charge in [-0.15, -0.1) is 0 Å². The SMILES string of the molecule is O=c1ccc(-c2ccncc2)nn1CC1CCCN1c1ncnc2c1CCCC2. The molecule has 148 valence electrons. The highest BCUT2D eigenvalue weighted by Crippen LogP contribution is 2.32. The number of pyridine rings is 1. The molecule has 0 amide bonds. The Morgan fingerprint density at radius 3 is 2.76 bits per heavy atom. The highest BCUT2D eigenvalue weighted by Gasteiger charge is 2.30. The fourth-order valence-electron chi connectivity index (χ4n) is 4.51. The summed E-state index contributed by atoms with van der Waals surface area (Å²) in [5.74, 6) is 1.07. The number of hydrogen-bond acceptors (Lipinski definition) is 6. The van der Waals surface area contributed by atoms with Gasteiger partial charge in [0.05, 0.1) is 18.3 Å². The maximum absolute atomic E-state index is 12.5. The van der Waals surface area contributed by atoms with Crippen LogP contribution in [0.3, 0.4) is 0 Å². The summed E-state index contributed by atoms with van der Waals surface area (Å²) in [4.78, 5) is 28.1. The van der Waals surface area contributed by atoms with E-state index >= 15 is 0 Å². The molecule has 1 saturated heterocycles. The summed E-state index contributed by atoms with van der Waals surface area (Å²) in [6.45, 7) is 1.53. The summed E-state index contributed by atoms with van der Waals surface area (Å²) in [6, 6.07) is 7.42. The maximum atomic E-state index is 12.5. The first-order chi connectivity index (χ1) is 14.3. The smallest absolute Gasteiger partial charge is 0.266 e. The molecule has 0 spiro atoms. The molecule has 1 unspecified atom stereocenters. The molecule has 3 aromatic rings. The van der Waals surface area contributed by atoms with Crippen LogP contribution in [0.25, 0.3) is 11.3 Å². The Morgan fingerprint density at radius 1 is 1.00 bits per heavy atom. The van der Waals surface area contributed by atoms with E-state index in [0.717, 1.165) is 49.3 Å². The normalized spacial score (nSPS) is 18.6. The Bertz CT molecular complexity index is 1060. The molecular weight excluding hydrogens is 364 g/mol. The molecule has 0 radical (unpaired) electrons. The third kappa shape index (κ3) is 3.52. The van der Waals surface area contributed by atoms with Gasteiger partial charge < -0.3 is 4.90 Å². The number of fused-ring (bicyclic) bond motifs is 1. The topological polar surface area (TPSA) is 76.8 Å². The van der Waals surface area contributed by atoms with E-state index in [1.807, 2.05) is 12.1 Å². The van der Waals surface area contributed by atoms with Crippen LogP contribution in [0.4, 0.5) is 5.82 Å². The van der Waals surface area contributed by atoms with Gasteiger partial charge in [-0.3, -0.25) is 9.78 Å². The molecule has 4 heterocycles. The Morgan fingerprint density at radius 2 is 1.86 bits per heavy atom. The molecule has 3 aromatic heterocycles. The van der Waals surface area contributed by atoms with Crippen molar-refractivity contribution in [3.05, 3.63) is 64.6 Å². The summed E-state index contributed by atoms with van der Waals surface area (Å²) < 4.78 is 1.60. The van der Waals surface area contributed by atoms with Gasteiger partial charge in [0.15, 0.2) is 0 Å². The number of anilines is 1. The van der Waals surface area contributed by atoms with Crippen molar-refractivity contribution in [2.45, 2.75) is 51.1 Å².